The molecule has 0 aromatic heterocycles. The number of nitrogens with zero attached hydrogens (tertiary/aromatic N) is 1. The molecule has 0 saturated heterocycles. The van der Waals surface area contributed by atoms with Crippen molar-refractivity contribution in [3.63, 3.8) is 0 Å². The summed E-state index contributed by atoms with van der Waals surface area (Å²) in [5, 5.41) is 2.88. The van der Waals surface area contributed by atoms with Crippen molar-refractivity contribution in [3.05, 3.63) is 89.0 Å². The third kappa shape index (κ3) is 5.06. The van der Waals surface area contributed by atoms with Crippen molar-refractivity contribution in [2.45, 2.75) is 25.3 Å². The van der Waals surface area contributed by atoms with Crippen molar-refractivity contribution < 1.29 is 17.9 Å². The molecule has 3 aromatic carbocycles. The van der Waals surface area contributed by atoms with E-state index in [1.165, 1.54) is 11.4 Å². The van der Waals surface area contributed by atoms with Gasteiger partial charge >= 0.3 is 0 Å². The summed E-state index contributed by atoms with van der Waals surface area (Å²) in [5.74, 6) is 0.528. The molecule has 0 aliphatic rings. The summed E-state index contributed by atoms with van der Waals surface area (Å²) in [6.07, 6.45) is 0. The number of carbonyl (C=O) groups is 1. The van der Waals surface area contributed by atoms with Crippen LogP contribution in [0.2, 0.25) is 0 Å². The summed E-state index contributed by atoms with van der Waals surface area (Å²) < 4.78 is 32.3. The summed E-state index contributed by atoms with van der Waals surface area (Å²) >= 11 is 0. The number of hydrogen-bond donors (Lipinski definition) is 1. The fraction of sp³-hybridized carbons (Fsp3) is 0.208. The van der Waals surface area contributed by atoms with E-state index in [4.69, 9.17) is 4.74 Å². The van der Waals surface area contributed by atoms with Crippen LogP contribution in [0.3, 0.4) is 0 Å². The molecule has 0 bridgehead atoms. The van der Waals surface area contributed by atoms with Crippen LogP contribution < -0.4 is 14.4 Å². The van der Waals surface area contributed by atoms with Crippen LogP contribution in [0.15, 0.2) is 71.6 Å². The highest BCUT2D eigenvalue weighted by Crippen LogP contribution is 2.26. The molecule has 1 N–H and O–H groups in total. The highest BCUT2D eigenvalue weighted by molar-refractivity contribution is 7.92. The normalized spacial score (nSPS) is 11.1. The lowest BCUT2D eigenvalue weighted by Gasteiger charge is -2.22. The first-order chi connectivity index (χ1) is 14.7. The van der Waals surface area contributed by atoms with E-state index >= 15 is 0 Å². The van der Waals surface area contributed by atoms with E-state index in [-0.39, 0.29) is 10.8 Å². The van der Waals surface area contributed by atoms with Crippen LogP contribution in [0, 0.1) is 13.8 Å². The highest BCUT2D eigenvalue weighted by Gasteiger charge is 2.23. The van der Waals surface area contributed by atoms with Crippen molar-refractivity contribution in [2.24, 2.45) is 0 Å². The van der Waals surface area contributed by atoms with Gasteiger partial charge in [-0.2, -0.15) is 0 Å². The van der Waals surface area contributed by atoms with Gasteiger partial charge in [-0.1, -0.05) is 29.8 Å². The second-order valence-electron chi connectivity index (χ2n) is 7.32. The van der Waals surface area contributed by atoms with Gasteiger partial charge in [0.1, 0.15) is 5.75 Å². The molecule has 1 amide bonds. The Kier molecular flexibility index (Phi) is 6.65. The van der Waals surface area contributed by atoms with Crippen LogP contribution in [0.25, 0.3) is 0 Å². The number of sulfonamides is 1. The standard InChI is InChI=1S/C24H26N2O4S/c1-17-5-12-22(13-6-17)31(28,29)26(3)23-14-9-20(15-18(23)2)24(27)25-16-19-7-10-21(30-4)11-8-19/h5-15H,16H2,1-4H3,(H,25,27). The Balaban J connectivity index is 1.73. The van der Waals surface area contributed by atoms with E-state index < -0.39 is 10.0 Å². The largest absolute Gasteiger partial charge is 0.497 e. The van der Waals surface area contributed by atoms with E-state index in [1.54, 1.807) is 56.5 Å². The minimum atomic E-state index is -3.69. The number of methoxy groups -OCH3 is 1. The van der Waals surface area contributed by atoms with Gasteiger partial charge in [-0.25, -0.2) is 8.42 Å². The first-order valence-electron chi connectivity index (χ1n) is 9.80. The van der Waals surface area contributed by atoms with Gasteiger partial charge in [-0.05, 0) is 67.4 Å². The number of ether oxygens (including phenoxy) is 1. The Hall–Kier alpha value is -3.32. The number of aryl methyl sites for hydroxylation is 2. The molecule has 0 saturated carbocycles. The zero-order valence-electron chi connectivity index (χ0n) is 18.0. The van der Waals surface area contributed by atoms with Crippen LogP contribution in [0.4, 0.5) is 5.69 Å². The predicted molar refractivity (Wildman–Crippen MR) is 122 cm³/mol. The molecule has 0 radical (unpaired) electrons. The van der Waals surface area contributed by atoms with Gasteiger partial charge in [0.25, 0.3) is 15.9 Å². The molecule has 162 valence electrons. The molecular weight excluding hydrogens is 412 g/mol. The van der Waals surface area contributed by atoms with Gasteiger partial charge in [-0.15, -0.1) is 0 Å². The number of hydrogen-bond acceptors (Lipinski definition) is 4. The van der Waals surface area contributed by atoms with Gasteiger partial charge in [0, 0.05) is 19.2 Å². The van der Waals surface area contributed by atoms with Crippen molar-refractivity contribution in [3.8, 4) is 5.75 Å². The first kappa shape index (κ1) is 22.4. The number of carbonyl (C=O) groups excluding carboxylic acids is 1. The molecule has 0 atom stereocenters. The third-order valence-corrected chi connectivity index (χ3v) is 6.88. The summed E-state index contributed by atoms with van der Waals surface area (Å²) in [5.41, 5.74) is 3.62. The van der Waals surface area contributed by atoms with Crippen molar-refractivity contribution in [1.82, 2.24) is 5.32 Å². The molecule has 0 spiro atoms. The van der Waals surface area contributed by atoms with Crippen LogP contribution in [0.5, 0.6) is 5.75 Å². The van der Waals surface area contributed by atoms with E-state index in [2.05, 4.69) is 5.32 Å². The first-order valence-corrected chi connectivity index (χ1v) is 11.2. The molecular formula is C24H26N2O4S. The van der Waals surface area contributed by atoms with Gasteiger partial charge < -0.3 is 10.1 Å². The van der Waals surface area contributed by atoms with Crippen molar-refractivity contribution in [2.75, 3.05) is 18.5 Å². The van der Waals surface area contributed by atoms with E-state index in [9.17, 15) is 13.2 Å². The van der Waals surface area contributed by atoms with Crippen LogP contribution in [-0.4, -0.2) is 28.5 Å². The van der Waals surface area contributed by atoms with Gasteiger partial charge in [-0.3, -0.25) is 9.10 Å². The highest BCUT2D eigenvalue weighted by atomic mass is 32.2. The molecule has 7 heteroatoms. The second-order valence-corrected chi connectivity index (χ2v) is 9.29. The fourth-order valence-corrected chi connectivity index (χ4v) is 4.44. The van der Waals surface area contributed by atoms with Crippen LogP contribution in [-0.2, 0) is 16.6 Å². The number of amides is 1. The zero-order chi connectivity index (χ0) is 22.6. The zero-order valence-corrected chi connectivity index (χ0v) is 18.9. The summed E-state index contributed by atoms with van der Waals surface area (Å²) in [6.45, 7) is 4.07. The lowest BCUT2D eigenvalue weighted by atomic mass is 10.1. The third-order valence-electron chi connectivity index (χ3n) is 5.09. The van der Waals surface area contributed by atoms with Gasteiger partial charge in [0.2, 0.25) is 0 Å². The van der Waals surface area contributed by atoms with E-state index in [0.29, 0.717) is 23.4 Å². The summed E-state index contributed by atoms with van der Waals surface area (Å²) in [4.78, 5) is 12.8. The van der Waals surface area contributed by atoms with Crippen LogP contribution in [0.1, 0.15) is 27.0 Å². The Morgan fingerprint density at radius 3 is 2.19 bits per heavy atom. The Bertz CT molecular complexity index is 1170. The maximum Gasteiger partial charge on any atom is 0.264 e. The lowest BCUT2D eigenvalue weighted by Crippen LogP contribution is -2.27. The predicted octanol–water partition coefficient (Wildman–Crippen LogP) is 4.07. The minimum Gasteiger partial charge on any atom is -0.497 e. The number of nitrogens with one attached hydrogen (secondary N) is 1. The number of anilines is 1. The Morgan fingerprint density at radius 2 is 1.61 bits per heavy atom. The van der Waals surface area contributed by atoms with Crippen LogP contribution >= 0.6 is 0 Å². The maximum atomic E-state index is 13.0. The van der Waals surface area contributed by atoms with Gasteiger partial charge in [0.05, 0.1) is 17.7 Å². The SMILES string of the molecule is COc1ccc(CNC(=O)c2ccc(N(C)S(=O)(=O)c3ccc(C)cc3)c(C)c2)cc1. The molecule has 6 nitrogen and oxygen atoms in total. The lowest BCUT2D eigenvalue weighted by molar-refractivity contribution is 0.0951. The topological polar surface area (TPSA) is 75.7 Å². The Labute approximate surface area is 183 Å². The summed E-state index contributed by atoms with van der Waals surface area (Å²) in [6, 6.07) is 19.2. The average molecular weight is 439 g/mol. The maximum absolute atomic E-state index is 13.0. The quantitative estimate of drug-likeness (QED) is 0.603. The Morgan fingerprint density at radius 1 is 0.968 bits per heavy atom. The molecule has 3 aromatic rings. The monoisotopic (exact) mass is 438 g/mol. The molecule has 0 fully saturated rings. The van der Waals surface area contributed by atoms with E-state index in [1.807, 2.05) is 31.2 Å². The number of rotatable bonds is 7. The molecule has 0 heterocycles. The van der Waals surface area contributed by atoms with Crippen molar-refractivity contribution >= 4 is 21.6 Å². The fourth-order valence-electron chi connectivity index (χ4n) is 3.18. The second kappa shape index (κ2) is 9.22. The molecule has 3 rings (SSSR count). The molecule has 31 heavy (non-hydrogen) atoms. The molecule has 0 aliphatic heterocycles. The van der Waals surface area contributed by atoms with Gasteiger partial charge in [0.15, 0.2) is 0 Å². The van der Waals surface area contributed by atoms with E-state index in [0.717, 1.165) is 16.9 Å². The smallest absolute Gasteiger partial charge is 0.264 e. The number of benzene rings is 3. The average Bonchev–Trinajstić information content (AvgIpc) is 2.77. The van der Waals surface area contributed by atoms with Crippen molar-refractivity contribution in [1.29, 1.82) is 0 Å². The molecule has 0 aliphatic carbocycles. The summed E-state index contributed by atoms with van der Waals surface area (Å²) in [7, 11) is -0.576. The minimum absolute atomic E-state index is 0.223. The molecule has 0 unspecified atom stereocenters.